The van der Waals surface area contributed by atoms with Crippen molar-refractivity contribution in [3.8, 4) is 0 Å². The van der Waals surface area contributed by atoms with Crippen LogP contribution in [0.3, 0.4) is 0 Å². The molecule has 3 aromatic heterocycles. The highest BCUT2D eigenvalue weighted by molar-refractivity contribution is 7.15. The summed E-state index contributed by atoms with van der Waals surface area (Å²) in [5, 5.41) is 4.19. The predicted molar refractivity (Wildman–Crippen MR) is 104 cm³/mol. The van der Waals surface area contributed by atoms with Crippen molar-refractivity contribution in [2.45, 2.75) is 32.7 Å². The largest absolute Gasteiger partial charge is 0.316 e. The second-order valence-corrected chi connectivity index (χ2v) is 7.97. The van der Waals surface area contributed by atoms with Crippen LogP contribution >= 0.6 is 11.3 Å². The lowest BCUT2D eigenvalue weighted by atomic mass is 10.1. The van der Waals surface area contributed by atoms with Crippen LogP contribution in [-0.2, 0) is 6.54 Å². The monoisotopic (exact) mass is 366 g/mol. The standard InChI is InChI=1S/C19H22N6S/c1-13-8-17(24-19-21-9-14(2)26-19)23-18(22-13)16-5-7-25(12-16)11-15-4-3-6-20-10-15/h3-4,6,8-10,16H,5,7,11-12H2,1-2H3,(H,21,22,23,24). The highest BCUT2D eigenvalue weighted by atomic mass is 32.1. The number of hydrogen-bond acceptors (Lipinski definition) is 7. The first-order valence-electron chi connectivity index (χ1n) is 8.82. The molecule has 0 radical (unpaired) electrons. The molecule has 0 aromatic carbocycles. The molecule has 1 fully saturated rings. The lowest BCUT2D eigenvalue weighted by Gasteiger charge is -2.16. The SMILES string of the molecule is Cc1cc(Nc2ncc(C)s2)nc(C2CCN(Cc3cccnc3)C2)n1. The van der Waals surface area contributed by atoms with Crippen molar-refractivity contribution in [3.63, 3.8) is 0 Å². The summed E-state index contributed by atoms with van der Waals surface area (Å²) >= 11 is 1.63. The molecule has 1 atom stereocenters. The maximum Gasteiger partial charge on any atom is 0.188 e. The van der Waals surface area contributed by atoms with E-state index in [9.17, 15) is 0 Å². The average Bonchev–Trinajstić information content (AvgIpc) is 3.24. The average molecular weight is 366 g/mol. The minimum atomic E-state index is 0.366. The van der Waals surface area contributed by atoms with Crippen LogP contribution in [-0.4, -0.2) is 37.9 Å². The van der Waals surface area contributed by atoms with Gasteiger partial charge in [-0.1, -0.05) is 6.07 Å². The van der Waals surface area contributed by atoms with Crippen molar-refractivity contribution in [2.75, 3.05) is 18.4 Å². The molecule has 1 aliphatic heterocycles. The molecular formula is C19H22N6S. The molecule has 4 heterocycles. The molecule has 0 aliphatic carbocycles. The number of aromatic nitrogens is 4. The summed E-state index contributed by atoms with van der Waals surface area (Å²) in [7, 11) is 0. The number of pyridine rings is 1. The molecule has 6 nitrogen and oxygen atoms in total. The van der Waals surface area contributed by atoms with Crippen LogP contribution in [0.25, 0.3) is 0 Å². The predicted octanol–water partition coefficient (Wildman–Crippen LogP) is 3.68. The Hall–Kier alpha value is -2.38. The van der Waals surface area contributed by atoms with E-state index in [1.807, 2.05) is 37.6 Å². The molecule has 0 bridgehead atoms. The summed E-state index contributed by atoms with van der Waals surface area (Å²) in [6.07, 6.45) is 6.71. The third kappa shape index (κ3) is 4.05. The number of rotatable bonds is 5. The zero-order valence-corrected chi connectivity index (χ0v) is 15.8. The summed E-state index contributed by atoms with van der Waals surface area (Å²) in [6, 6.07) is 6.09. The Kier molecular flexibility index (Phi) is 4.90. The van der Waals surface area contributed by atoms with Crippen LogP contribution in [0.15, 0.2) is 36.8 Å². The van der Waals surface area contributed by atoms with Crippen molar-refractivity contribution >= 4 is 22.3 Å². The normalized spacial score (nSPS) is 17.5. The van der Waals surface area contributed by atoms with E-state index >= 15 is 0 Å². The van der Waals surface area contributed by atoms with Gasteiger partial charge in [-0.25, -0.2) is 15.0 Å². The Morgan fingerprint density at radius 2 is 2.19 bits per heavy atom. The number of likely N-dealkylation sites (tertiary alicyclic amines) is 1. The van der Waals surface area contributed by atoms with Gasteiger partial charge in [0, 0.05) is 54.2 Å². The second-order valence-electron chi connectivity index (χ2n) is 6.74. The zero-order valence-electron chi connectivity index (χ0n) is 15.0. The molecule has 134 valence electrons. The minimum Gasteiger partial charge on any atom is -0.316 e. The summed E-state index contributed by atoms with van der Waals surface area (Å²) in [4.78, 5) is 21.7. The molecule has 26 heavy (non-hydrogen) atoms. The van der Waals surface area contributed by atoms with Crippen molar-refractivity contribution < 1.29 is 0 Å². The van der Waals surface area contributed by atoms with E-state index in [0.29, 0.717) is 5.92 Å². The van der Waals surface area contributed by atoms with Gasteiger partial charge < -0.3 is 5.32 Å². The summed E-state index contributed by atoms with van der Waals surface area (Å²) in [6.45, 7) is 7.04. The minimum absolute atomic E-state index is 0.366. The number of nitrogens with one attached hydrogen (secondary N) is 1. The fourth-order valence-corrected chi connectivity index (χ4v) is 3.97. The number of anilines is 2. The third-order valence-corrected chi connectivity index (χ3v) is 5.32. The molecule has 4 rings (SSSR count). The first kappa shape index (κ1) is 17.1. The van der Waals surface area contributed by atoms with Crippen LogP contribution in [0.4, 0.5) is 10.9 Å². The molecule has 1 N–H and O–H groups in total. The Morgan fingerprint density at radius 1 is 1.27 bits per heavy atom. The summed E-state index contributed by atoms with van der Waals surface area (Å²) in [5.74, 6) is 2.12. The highest BCUT2D eigenvalue weighted by Crippen LogP contribution is 2.28. The van der Waals surface area contributed by atoms with Gasteiger partial charge in [-0.05, 0) is 38.4 Å². The number of aryl methyl sites for hydroxylation is 2. The molecule has 1 unspecified atom stereocenters. The summed E-state index contributed by atoms with van der Waals surface area (Å²) in [5.41, 5.74) is 2.23. The highest BCUT2D eigenvalue weighted by Gasteiger charge is 2.26. The van der Waals surface area contributed by atoms with Gasteiger partial charge in [0.25, 0.3) is 0 Å². The van der Waals surface area contributed by atoms with Crippen LogP contribution in [0, 0.1) is 13.8 Å². The Labute approximate surface area is 157 Å². The van der Waals surface area contributed by atoms with E-state index in [2.05, 4.69) is 33.2 Å². The molecule has 1 aliphatic rings. The van der Waals surface area contributed by atoms with Crippen LogP contribution in [0.1, 0.15) is 34.3 Å². The van der Waals surface area contributed by atoms with Gasteiger partial charge in [-0.2, -0.15) is 0 Å². The van der Waals surface area contributed by atoms with E-state index in [-0.39, 0.29) is 0 Å². The molecule has 0 saturated carbocycles. The van der Waals surface area contributed by atoms with Gasteiger partial charge in [0.05, 0.1) is 0 Å². The molecular weight excluding hydrogens is 344 g/mol. The van der Waals surface area contributed by atoms with Crippen molar-refractivity contribution in [1.29, 1.82) is 0 Å². The van der Waals surface area contributed by atoms with Crippen molar-refractivity contribution in [2.24, 2.45) is 0 Å². The number of thiazole rings is 1. The summed E-state index contributed by atoms with van der Waals surface area (Å²) < 4.78 is 0. The fourth-order valence-electron chi connectivity index (χ4n) is 3.30. The molecule has 0 amide bonds. The Balaban J connectivity index is 1.46. The smallest absolute Gasteiger partial charge is 0.188 e. The van der Waals surface area contributed by atoms with Gasteiger partial charge in [0.2, 0.25) is 0 Å². The Bertz CT molecular complexity index is 879. The third-order valence-electron chi connectivity index (χ3n) is 4.49. The van der Waals surface area contributed by atoms with Gasteiger partial charge in [0.15, 0.2) is 5.13 Å². The van der Waals surface area contributed by atoms with E-state index in [4.69, 9.17) is 9.97 Å². The van der Waals surface area contributed by atoms with E-state index in [1.54, 1.807) is 11.3 Å². The molecule has 1 saturated heterocycles. The zero-order chi connectivity index (χ0) is 17.9. The maximum absolute atomic E-state index is 4.77. The topological polar surface area (TPSA) is 66.8 Å². The molecule has 3 aromatic rings. The fraction of sp³-hybridized carbons (Fsp3) is 0.368. The van der Waals surface area contributed by atoms with Crippen LogP contribution in [0.2, 0.25) is 0 Å². The van der Waals surface area contributed by atoms with E-state index in [0.717, 1.165) is 48.5 Å². The molecule has 0 spiro atoms. The maximum atomic E-state index is 4.77. The quantitative estimate of drug-likeness (QED) is 0.743. The second kappa shape index (κ2) is 7.47. The van der Waals surface area contributed by atoms with Crippen molar-refractivity contribution in [1.82, 2.24) is 24.8 Å². The lowest BCUT2D eigenvalue weighted by molar-refractivity contribution is 0.325. The molecule has 7 heteroatoms. The first-order chi connectivity index (χ1) is 12.7. The van der Waals surface area contributed by atoms with Gasteiger partial charge >= 0.3 is 0 Å². The number of nitrogens with zero attached hydrogens (tertiary/aromatic N) is 5. The van der Waals surface area contributed by atoms with Crippen molar-refractivity contribution in [3.05, 3.63) is 58.7 Å². The lowest BCUT2D eigenvalue weighted by Crippen LogP contribution is -2.20. The Morgan fingerprint density at radius 3 is 2.96 bits per heavy atom. The van der Waals surface area contributed by atoms with Gasteiger partial charge in [0.1, 0.15) is 11.6 Å². The number of hydrogen-bond donors (Lipinski definition) is 1. The van der Waals surface area contributed by atoms with E-state index in [1.165, 1.54) is 10.4 Å². The van der Waals surface area contributed by atoms with Crippen LogP contribution < -0.4 is 5.32 Å². The van der Waals surface area contributed by atoms with Gasteiger partial charge in [-0.3, -0.25) is 9.88 Å². The first-order valence-corrected chi connectivity index (χ1v) is 9.63. The van der Waals surface area contributed by atoms with Gasteiger partial charge in [-0.15, -0.1) is 11.3 Å². The van der Waals surface area contributed by atoms with Crippen LogP contribution in [0.5, 0.6) is 0 Å². The van der Waals surface area contributed by atoms with E-state index < -0.39 is 0 Å².